The summed E-state index contributed by atoms with van der Waals surface area (Å²) in [6, 6.07) is 28.0. The second-order valence-corrected chi connectivity index (χ2v) is 39.4. The molecule has 19 heteroatoms. The Morgan fingerprint density at radius 2 is 0.550 bits per heavy atom. The van der Waals surface area contributed by atoms with Crippen LogP contribution in [-0.4, -0.2) is 111 Å². The van der Waals surface area contributed by atoms with Crippen molar-refractivity contribution in [3.63, 3.8) is 0 Å². The number of ether oxygens (including phenoxy) is 10. The summed E-state index contributed by atoms with van der Waals surface area (Å²) in [5.41, 5.74) is 2.19. The molecule has 0 spiro atoms. The van der Waals surface area contributed by atoms with E-state index in [0.717, 1.165) is 120 Å². The Balaban J connectivity index is 1.50. The molecule has 2 aliphatic heterocycles. The number of hydrogen-bond acceptors (Lipinski definition) is 17. The van der Waals surface area contributed by atoms with E-state index < -0.39 is 127 Å². The molecular weight excluding hydrogens is 1640 g/mol. The van der Waals surface area contributed by atoms with Gasteiger partial charge in [0.2, 0.25) is 6.29 Å². The van der Waals surface area contributed by atoms with Gasteiger partial charge in [-0.3, -0.25) is 23.7 Å². The van der Waals surface area contributed by atoms with Gasteiger partial charge in [0, 0.05) is 6.42 Å². The van der Waals surface area contributed by atoms with Crippen molar-refractivity contribution in [3.05, 3.63) is 108 Å². The van der Waals surface area contributed by atoms with E-state index in [4.69, 9.17) is 51.6 Å². The lowest BCUT2D eigenvalue weighted by Crippen LogP contribution is -2.66. The Morgan fingerprint density at radius 1 is 0.302 bits per heavy atom. The molecule has 1 N–H and O–H groups in total. The summed E-state index contributed by atoms with van der Waals surface area (Å²) in [4.78, 5) is 59.5. The predicted octanol–water partition coefficient (Wildman–Crippen LogP) is 29.9. The molecular formula is C110H186O18S. The summed E-state index contributed by atoms with van der Waals surface area (Å²) in [5.74, 6) is -3.87. The van der Waals surface area contributed by atoms with Gasteiger partial charge in [-0.1, -0.05) is 512 Å². The average molecular weight is 1830 g/mol. The normalized spacial score (nSPS) is 19.6. The van der Waals surface area contributed by atoms with Gasteiger partial charge >= 0.3 is 34.3 Å². The molecule has 0 radical (unpaired) electrons. The standard InChI is InChI=1S/C110H186O18S/c1-8-12-16-20-24-28-32-36-39-41-45-47-51-55-59-66-76-91(5)106(112)121-89-97-100(118-86-94-79-69-63-70-80-94)102(120-88-96-83-73-65-74-84-96)105(128-129(115,116)117)110(124-97)127-109-104(125-99(111)85-75-62-58-54-50-43-35-31-27-23-19-15-11-4)103(126-108(114)93(7)78-68-61-57-53-49-44-38-34-30-26-22-18-14-10-3)101(119-87-95-81-71-64-72-82-95)98(123-109)90-122-107(113)92(6)77-67-60-56-52-48-46-42-40-37-33-29-25-21-17-13-9-2/h63-65,69-74,79-84,91-93,97-98,100-105,109-110H,8-62,66-68,75-78,85-90H2,1-7H3,(H,115,116,117)/t91-,92-,93-,97+,98+,100+,101+,102-,103-,104+,105+,109+,110+/m0/s1. The minimum atomic E-state index is -5.46. The molecule has 0 unspecified atom stereocenters. The van der Waals surface area contributed by atoms with Crippen LogP contribution < -0.4 is 0 Å². The molecule has 0 bridgehead atoms. The van der Waals surface area contributed by atoms with Crippen LogP contribution in [0, 0.1) is 17.8 Å². The number of unbranched alkanes of at least 4 members (excludes halogenated alkanes) is 55. The molecule has 18 nitrogen and oxygen atoms in total. The van der Waals surface area contributed by atoms with Crippen molar-refractivity contribution in [2.75, 3.05) is 13.2 Å². The fraction of sp³-hybridized carbons (Fsp3) is 0.800. The van der Waals surface area contributed by atoms with Crippen molar-refractivity contribution in [2.45, 2.75) is 534 Å². The summed E-state index contributed by atoms with van der Waals surface area (Å²) in [5, 5.41) is 0. The molecule has 5 rings (SSSR count). The Morgan fingerprint density at radius 3 is 0.837 bits per heavy atom. The molecule has 2 fully saturated rings. The van der Waals surface area contributed by atoms with Crippen molar-refractivity contribution in [1.29, 1.82) is 0 Å². The van der Waals surface area contributed by atoms with Crippen molar-refractivity contribution in [3.8, 4) is 0 Å². The second kappa shape index (κ2) is 76.4. The Kier molecular flexibility index (Phi) is 67.9. The van der Waals surface area contributed by atoms with E-state index in [0.29, 0.717) is 31.2 Å². The van der Waals surface area contributed by atoms with E-state index in [9.17, 15) is 22.6 Å². The number of carbonyl (C=O) groups excluding carboxylic acids is 4. The van der Waals surface area contributed by atoms with Gasteiger partial charge in [-0.2, -0.15) is 8.42 Å². The summed E-state index contributed by atoms with van der Waals surface area (Å²) < 4.78 is 112. The molecule has 0 saturated carbocycles. The third-order valence-corrected chi connectivity index (χ3v) is 27.0. The number of hydrogen-bond donors (Lipinski definition) is 1. The van der Waals surface area contributed by atoms with Gasteiger partial charge in [0.05, 0.1) is 37.6 Å². The van der Waals surface area contributed by atoms with Crippen LogP contribution in [0.15, 0.2) is 91.0 Å². The van der Waals surface area contributed by atoms with Crippen molar-refractivity contribution >= 4 is 34.3 Å². The zero-order valence-corrected chi connectivity index (χ0v) is 83.4. The fourth-order valence-corrected chi connectivity index (χ4v) is 18.6. The smallest absolute Gasteiger partial charge is 0.397 e. The monoisotopic (exact) mass is 1830 g/mol. The van der Waals surface area contributed by atoms with Crippen LogP contribution in [0.4, 0.5) is 0 Å². The van der Waals surface area contributed by atoms with Gasteiger partial charge in [0.1, 0.15) is 43.7 Å². The quantitative estimate of drug-likeness (QED) is 0.0240. The molecule has 13 atom stereocenters. The molecule has 0 aliphatic carbocycles. The van der Waals surface area contributed by atoms with Gasteiger partial charge in [-0.05, 0) is 42.4 Å². The maximum absolute atomic E-state index is 15.3. The SMILES string of the molecule is CCCCCCCCCCCCCCCCCC[C@H](C)C(=O)OC[C@H]1O[C@H](O[C@H]2O[C@H](COC(=O)[C@@H](C)CCCCCCCCCCCCCCCCCC)[C@@H](OCc3ccccc3)[C@H](OCc3ccccc3)[C@H]2OS(=O)(=O)O)[C@H](OC(=O)CCCCCCCCCCCCCCC)[C@@H](OC(=O)[C@@H](C)CCCCCCCCCCCCCCCC)[C@@H]1OCc1ccccc1. The molecule has 0 aromatic heterocycles. The summed E-state index contributed by atoms with van der Waals surface area (Å²) in [6.07, 6.45) is 56.2. The van der Waals surface area contributed by atoms with Gasteiger partial charge in [-0.15, -0.1) is 0 Å². The largest absolute Gasteiger partial charge is 0.463 e. The fourth-order valence-electron chi connectivity index (χ4n) is 18.1. The van der Waals surface area contributed by atoms with E-state index in [1.54, 1.807) is 0 Å². The van der Waals surface area contributed by atoms with Crippen LogP contribution in [0.3, 0.4) is 0 Å². The third-order valence-electron chi connectivity index (χ3n) is 26.5. The van der Waals surface area contributed by atoms with Crippen LogP contribution in [0.25, 0.3) is 0 Å². The zero-order valence-electron chi connectivity index (χ0n) is 82.5. The highest BCUT2D eigenvalue weighted by atomic mass is 32.3. The lowest BCUT2D eigenvalue weighted by Gasteiger charge is -2.48. The van der Waals surface area contributed by atoms with Gasteiger partial charge < -0.3 is 47.4 Å². The van der Waals surface area contributed by atoms with E-state index in [1.807, 2.05) is 112 Å². The van der Waals surface area contributed by atoms with Crippen LogP contribution in [0.2, 0.25) is 0 Å². The molecule has 129 heavy (non-hydrogen) atoms. The Bertz CT molecular complexity index is 3260. The first kappa shape index (κ1) is 115. The molecule has 740 valence electrons. The minimum Gasteiger partial charge on any atom is -0.463 e. The number of esters is 4. The number of carbonyl (C=O) groups is 4. The van der Waals surface area contributed by atoms with E-state index in [1.165, 1.54) is 263 Å². The molecule has 0 amide bonds. The molecule has 2 heterocycles. The van der Waals surface area contributed by atoms with Crippen molar-refractivity contribution in [1.82, 2.24) is 0 Å². The molecule has 2 aliphatic rings. The van der Waals surface area contributed by atoms with Gasteiger partial charge in [0.15, 0.2) is 24.6 Å². The lowest BCUT2D eigenvalue weighted by atomic mass is 9.96. The van der Waals surface area contributed by atoms with E-state index in [2.05, 4.69) is 27.7 Å². The average Bonchev–Trinajstić information content (AvgIpc) is 0.763. The van der Waals surface area contributed by atoms with Crippen LogP contribution in [-0.2, 0) is 101 Å². The number of benzene rings is 3. The van der Waals surface area contributed by atoms with Crippen LogP contribution in [0.5, 0.6) is 0 Å². The maximum Gasteiger partial charge on any atom is 0.397 e. The van der Waals surface area contributed by atoms with Crippen LogP contribution >= 0.6 is 0 Å². The van der Waals surface area contributed by atoms with E-state index >= 15 is 9.59 Å². The summed E-state index contributed by atoms with van der Waals surface area (Å²) in [6.45, 7) is 13.4. The first-order valence-corrected chi connectivity index (χ1v) is 54.7. The third kappa shape index (κ3) is 55.7. The van der Waals surface area contributed by atoms with E-state index in [-0.39, 0.29) is 26.2 Å². The topological polar surface area (TPSA) is 224 Å². The molecule has 3 aromatic carbocycles. The first-order valence-electron chi connectivity index (χ1n) is 53.4. The van der Waals surface area contributed by atoms with Crippen molar-refractivity contribution in [2.24, 2.45) is 17.8 Å². The molecule has 3 aromatic rings. The zero-order chi connectivity index (χ0) is 92.5. The lowest BCUT2D eigenvalue weighted by molar-refractivity contribution is -0.381. The molecule has 2 saturated heterocycles. The maximum atomic E-state index is 15.3. The van der Waals surface area contributed by atoms with Gasteiger partial charge in [0.25, 0.3) is 0 Å². The number of rotatable bonds is 85. The van der Waals surface area contributed by atoms with Gasteiger partial charge in [-0.25, -0.2) is 4.18 Å². The predicted molar refractivity (Wildman–Crippen MR) is 523 cm³/mol. The minimum absolute atomic E-state index is 0.0271. The highest BCUT2D eigenvalue weighted by Gasteiger charge is 2.57. The van der Waals surface area contributed by atoms with Crippen molar-refractivity contribution < 1.29 is 83.7 Å². The Labute approximate surface area is 786 Å². The highest BCUT2D eigenvalue weighted by molar-refractivity contribution is 7.80. The second-order valence-electron chi connectivity index (χ2n) is 38.4. The summed E-state index contributed by atoms with van der Waals surface area (Å²) in [7, 11) is -5.46. The Hall–Kier alpha value is -4.83. The summed E-state index contributed by atoms with van der Waals surface area (Å²) >= 11 is 0. The first-order chi connectivity index (χ1) is 63.0. The highest BCUT2D eigenvalue weighted by Crippen LogP contribution is 2.38. The van der Waals surface area contributed by atoms with Crippen LogP contribution in [0.1, 0.15) is 470 Å².